The zero-order valence-electron chi connectivity index (χ0n) is 15.7. The van der Waals surface area contributed by atoms with Crippen molar-refractivity contribution < 1.29 is 18.3 Å². The monoisotopic (exact) mass is 427 g/mol. The largest absolute Gasteiger partial charge is 0.492 e. The third-order valence-corrected chi connectivity index (χ3v) is 4.41. The molecule has 0 spiro atoms. The molecule has 1 aromatic rings. The van der Waals surface area contributed by atoms with Gasteiger partial charge in [0.15, 0.2) is 0 Å². The SMILES string of the molecule is CCN(CC)CCOc1ccccc1CNC(=O)C1CC(F)(F)CN1.Cl.Cl. The molecule has 1 atom stereocenters. The molecule has 0 saturated carbocycles. The predicted octanol–water partition coefficient (Wildman–Crippen LogP) is 2.86. The van der Waals surface area contributed by atoms with Gasteiger partial charge in [0.1, 0.15) is 12.4 Å². The van der Waals surface area contributed by atoms with Crippen molar-refractivity contribution in [1.29, 1.82) is 0 Å². The molecule has 1 unspecified atom stereocenters. The van der Waals surface area contributed by atoms with E-state index in [1.165, 1.54) is 0 Å². The van der Waals surface area contributed by atoms with Gasteiger partial charge >= 0.3 is 0 Å². The summed E-state index contributed by atoms with van der Waals surface area (Å²) >= 11 is 0. The maximum absolute atomic E-state index is 13.2. The van der Waals surface area contributed by atoms with E-state index in [0.717, 1.165) is 25.2 Å². The Kier molecular flexibility index (Phi) is 11.8. The van der Waals surface area contributed by atoms with Crippen LogP contribution in [-0.2, 0) is 11.3 Å². The number of hydrogen-bond acceptors (Lipinski definition) is 4. The molecule has 0 aliphatic carbocycles. The second kappa shape index (κ2) is 12.3. The first-order valence-electron chi connectivity index (χ1n) is 8.77. The van der Waals surface area contributed by atoms with Crippen molar-refractivity contribution in [1.82, 2.24) is 15.5 Å². The van der Waals surface area contributed by atoms with Crippen LogP contribution in [0.1, 0.15) is 25.8 Å². The first-order chi connectivity index (χ1) is 11.9. The van der Waals surface area contributed by atoms with Gasteiger partial charge in [-0.25, -0.2) is 8.78 Å². The number of nitrogens with zero attached hydrogens (tertiary/aromatic N) is 1. The zero-order chi connectivity index (χ0) is 18.3. The molecule has 27 heavy (non-hydrogen) atoms. The Labute approximate surface area is 172 Å². The number of likely N-dealkylation sites (N-methyl/N-ethyl adjacent to an activating group) is 1. The summed E-state index contributed by atoms with van der Waals surface area (Å²) in [4.78, 5) is 14.3. The maximum atomic E-state index is 13.2. The number of amides is 1. The molecule has 1 aliphatic heterocycles. The molecule has 9 heteroatoms. The zero-order valence-corrected chi connectivity index (χ0v) is 17.3. The molecular weight excluding hydrogens is 399 g/mol. The molecule has 1 amide bonds. The average Bonchev–Trinajstić information content (AvgIpc) is 2.97. The molecular formula is C18H29Cl2F2N3O2. The van der Waals surface area contributed by atoms with Crippen LogP contribution in [0.2, 0.25) is 0 Å². The van der Waals surface area contributed by atoms with E-state index < -0.39 is 30.8 Å². The highest BCUT2D eigenvalue weighted by molar-refractivity contribution is 5.85. The highest BCUT2D eigenvalue weighted by Gasteiger charge is 2.42. The number of carbonyl (C=O) groups is 1. The smallest absolute Gasteiger partial charge is 0.262 e. The molecule has 0 bridgehead atoms. The summed E-state index contributed by atoms with van der Waals surface area (Å²) in [7, 11) is 0. The number of benzene rings is 1. The van der Waals surface area contributed by atoms with E-state index in [4.69, 9.17) is 4.74 Å². The Morgan fingerprint density at radius 3 is 2.56 bits per heavy atom. The van der Waals surface area contributed by atoms with Gasteiger partial charge in [-0.05, 0) is 19.2 Å². The topological polar surface area (TPSA) is 53.6 Å². The van der Waals surface area contributed by atoms with Gasteiger partial charge in [-0.2, -0.15) is 0 Å². The number of ether oxygens (including phenoxy) is 1. The number of nitrogens with one attached hydrogen (secondary N) is 2. The summed E-state index contributed by atoms with van der Waals surface area (Å²) < 4.78 is 32.2. The number of para-hydroxylation sites is 1. The van der Waals surface area contributed by atoms with Crippen molar-refractivity contribution in [2.75, 3.05) is 32.8 Å². The van der Waals surface area contributed by atoms with Crippen molar-refractivity contribution in [2.24, 2.45) is 0 Å². The van der Waals surface area contributed by atoms with E-state index in [1.54, 1.807) is 0 Å². The molecule has 1 heterocycles. The van der Waals surface area contributed by atoms with Crippen molar-refractivity contribution in [3.8, 4) is 5.75 Å². The van der Waals surface area contributed by atoms with Crippen LogP contribution in [0.4, 0.5) is 8.78 Å². The average molecular weight is 428 g/mol. The summed E-state index contributed by atoms with van der Waals surface area (Å²) in [5, 5.41) is 5.27. The Morgan fingerprint density at radius 2 is 1.96 bits per heavy atom. The van der Waals surface area contributed by atoms with Gasteiger partial charge in [-0.1, -0.05) is 32.0 Å². The minimum absolute atomic E-state index is 0. The van der Waals surface area contributed by atoms with E-state index in [-0.39, 0.29) is 31.4 Å². The van der Waals surface area contributed by atoms with Crippen molar-refractivity contribution in [3.05, 3.63) is 29.8 Å². The number of rotatable bonds is 9. The van der Waals surface area contributed by atoms with E-state index in [1.807, 2.05) is 24.3 Å². The fourth-order valence-electron chi connectivity index (χ4n) is 2.82. The van der Waals surface area contributed by atoms with Gasteiger partial charge in [0.25, 0.3) is 5.92 Å². The molecule has 0 aromatic heterocycles. The predicted molar refractivity (Wildman–Crippen MR) is 107 cm³/mol. The standard InChI is InChI=1S/C18H27F2N3O2.2ClH/c1-3-23(4-2)9-10-25-16-8-6-5-7-14(16)12-21-17(24)15-11-18(19,20)13-22-15;;/h5-8,15,22H,3-4,9-13H2,1-2H3,(H,21,24);2*1H. The van der Waals surface area contributed by atoms with E-state index in [2.05, 4.69) is 29.4 Å². The molecule has 2 N–H and O–H groups in total. The van der Waals surface area contributed by atoms with Crippen LogP contribution in [0, 0.1) is 0 Å². The lowest BCUT2D eigenvalue weighted by Crippen LogP contribution is -2.40. The van der Waals surface area contributed by atoms with Crippen LogP contribution >= 0.6 is 24.8 Å². The second-order valence-corrected chi connectivity index (χ2v) is 6.19. The summed E-state index contributed by atoms with van der Waals surface area (Å²) in [5.74, 6) is -2.51. The van der Waals surface area contributed by atoms with E-state index >= 15 is 0 Å². The first kappa shape index (κ1) is 25.9. The van der Waals surface area contributed by atoms with Crippen LogP contribution in [0.25, 0.3) is 0 Å². The molecule has 1 fully saturated rings. The fourth-order valence-corrected chi connectivity index (χ4v) is 2.82. The molecule has 2 rings (SSSR count). The maximum Gasteiger partial charge on any atom is 0.262 e. The minimum Gasteiger partial charge on any atom is -0.492 e. The minimum atomic E-state index is -2.81. The fraction of sp³-hybridized carbons (Fsp3) is 0.611. The Balaban J connectivity index is 0.00000338. The Bertz CT molecular complexity index is 575. The van der Waals surface area contributed by atoms with Gasteiger partial charge in [-0.3, -0.25) is 10.1 Å². The quantitative estimate of drug-likeness (QED) is 0.635. The lowest BCUT2D eigenvalue weighted by molar-refractivity contribution is -0.123. The molecule has 1 aliphatic rings. The normalized spacial score (nSPS) is 17.7. The summed E-state index contributed by atoms with van der Waals surface area (Å²) in [6.07, 6.45) is -0.457. The van der Waals surface area contributed by atoms with E-state index in [9.17, 15) is 13.6 Å². The van der Waals surface area contributed by atoms with Crippen molar-refractivity contribution >= 4 is 30.7 Å². The van der Waals surface area contributed by atoms with Gasteiger partial charge in [-0.15, -0.1) is 24.8 Å². The molecule has 1 aromatic carbocycles. The summed E-state index contributed by atoms with van der Waals surface area (Å²) in [5.41, 5.74) is 0.833. The number of alkyl halides is 2. The van der Waals surface area contributed by atoms with Gasteiger partial charge in [0, 0.05) is 25.1 Å². The van der Waals surface area contributed by atoms with Crippen LogP contribution in [-0.4, -0.2) is 55.6 Å². The third kappa shape index (κ3) is 8.17. The van der Waals surface area contributed by atoms with E-state index in [0.29, 0.717) is 12.4 Å². The second-order valence-electron chi connectivity index (χ2n) is 6.19. The molecule has 1 saturated heterocycles. The Morgan fingerprint density at radius 1 is 1.30 bits per heavy atom. The number of halogens is 4. The van der Waals surface area contributed by atoms with Gasteiger partial charge < -0.3 is 15.0 Å². The van der Waals surface area contributed by atoms with Crippen LogP contribution < -0.4 is 15.4 Å². The highest BCUT2D eigenvalue weighted by atomic mass is 35.5. The van der Waals surface area contributed by atoms with Crippen molar-refractivity contribution in [3.63, 3.8) is 0 Å². The summed E-state index contributed by atoms with van der Waals surface area (Å²) in [6.45, 7) is 7.34. The van der Waals surface area contributed by atoms with Crippen molar-refractivity contribution in [2.45, 2.75) is 38.8 Å². The molecule has 0 radical (unpaired) electrons. The first-order valence-corrected chi connectivity index (χ1v) is 8.77. The molecule has 5 nitrogen and oxygen atoms in total. The van der Waals surface area contributed by atoms with Crippen LogP contribution in [0.3, 0.4) is 0 Å². The Hall–Kier alpha value is -1.15. The van der Waals surface area contributed by atoms with Gasteiger partial charge in [0.2, 0.25) is 5.91 Å². The lowest BCUT2D eigenvalue weighted by atomic mass is 10.1. The van der Waals surface area contributed by atoms with Gasteiger partial charge in [0.05, 0.1) is 12.6 Å². The molecule has 156 valence electrons. The van der Waals surface area contributed by atoms with Crippen LogP contribution in [0.5, 0.6) is 5.75 Å². The number of carbonyl (C=O) groups excluding carboxylic acids is 1. The van der Waals surface area contributed by atoms with Crippen LogP contribution in [0.15, 0.2) is 24.3 Å². The lowest BCUT2D eigenvalue weighted by Gasteiger charge is -2.19. The highest BCUT2D eigenvalue weighted by Crippen LogP contribution is 2.25. The number of hydrogen-bond donors (Lipinski definition) is 2. The summed E-state index contributed by atoms with van der Waals surface area (Å²) in [6, 6.07) is 6.61. The third-order valence-electron chi connectivity index (χ3n) is 4.41.